The Bertz CT molecular complexity index is 867. The number of rotatable bonds is 4. The molecule has 3 atom stereocenters. The van der Waals surface area contributed by atoms with Crippen LogP contribution in [-0.4, -0.2) is 58.8 Å². The van der Waals surface area contributed by atoms with Crippen LogP contribution in [-0.2, 0) is 4.79 Å². The quantitative estimate of drug-likeness (QED) is 0.733. The fraction of sp³-hybridized carbons (Fsp3) is 0.350. The molecule has 0 aliphatic carbocycles. The normalized spacial score (nSPS) is 23.5. The number of urea groups is 1. The summed E-state index contributed by atoms with van der Waals surface area (Å²) in [7, 11) is 0. The second-order valence-electron chi connectivity index (χ2n) is 7.34. The Labute approximate surface area is 162 Å². The van der Waals surface area contributed by atoms with Crippen LogP contribution in [0.5, 0.6) is 0 Å². The molecule has 2 saturated heterocycles. The number of nitrogens with two attached hydrogens (primary N) is 1. The van der Waals surface area contributed by atoms with E-state index < -0.39 is 6.03 Å². The van der Waals surface area contributed by atoms with Gasteiger partial charge in [0.25, 0.3) is 5.91 Å². The summed E-state index contributed by atoms with van der Waals surface area (Å²) in [6.07, 6.45) is 1.74. The number of carbonyl (C=O) groups excluding carboxylic acids is 3. The minimum absolute atomic E-state index is 0.0264. The molecule has 2 aliphatic heterocycles. The van der Waals surface area contributed by atoms with Crippen molar-refractivity contribution in [1.29, 1.82) is 0 Å². The van der Waals surface area contributed by atoms with Gasteiger partial charge < -0.3 is 25.8 Å². The van der Waals surface area contributed by atoms with E-state index >= 15 is 0 Å². The summed E-state index contributed by atoms with van der Waals surface area (Å²) in [4.78, 5) is 43.0. The third kappa shape index (κ3) is 3.33. The maximum absolute atomic E-state index is 13.1. The SMILES string of the molecule is NC(=O)NCC(=O)N1C[C@H]2CN(C(=O)c3ccc[nH]3)[C@H](c3ccccc3)[C@H]2C1. The van der Waals surface area contributed by atoms with Crippen molar-refractivity contribution in [1.82, 2.24) is 20.1 Å². The predicted octanol–water partition coefficient (Wildman–Crippen LogP) is 0.955. The van der Waals surface area contributed by atoms with Gasteiger partial charge in [-0.2, -0.15) is 0 Å². The van der Waals surface area contributed by atoms with Crippen molar-refractivity contribution in [3.05, 3.63) is 59.9 Å². The molecule has 8 nitrogen and oxygen atoms in total. The fourth-order valence-corrected chi connectivity index (χ4v) is 4.43. The van der Waals surface area contributed by atoms with E-state index in [0.717, 1.165) is 5.56 Å². The van der Waals surface area contributed by atoms with E-state index in [0.29, 0.717) is 25.3 Å². The number of H-pyrrole nitrogens is 1. The highest BCUT2D eigenvalue weighted by Gasteiger charge is 2.50. The van der Waals surface area contributed by atoms with Gasteiger partial charge in [-0.1, -0.05) is 30.3 Å². The summed E-state index contributed by atoms with van der Waals surface area (Å²) in [5.74, 6) is 0.171. The van der Waals surface area contributed by atoms with Crippen LogP contribution in [0.3, 0.4) is 0 Å². The maximum Gasteiger partial charge on any atom is 0.312 e. The second-order valence-corrected chi connectivity index (χ2v) is 7.34. The lowest BCUT2D eigenvalue weighted by Crippen LogP contribution is -2.43. The van der Waals surface area contributed by atoms with Gasteiger partial charge in [-0.3, -0.25) is 9.59 Å². The predicted molar refractivity (Wildman–Crippen MR) is 102 cm³/mol. The van der Waals surface area contributed by atoms with Gasteiger partial charge in [-0.15, -0.1) is 0 Å². The highest BCUT2D eigenvalue weighted by Crippen LogP contribution is 2.45. The first kappa shape index (κ1) is 18.1. The van der Waals surface area contributed by atoms with Crippen LogP contribution in [0.25, 0.3) is 0 Å². The largest absolute Gasteiger partial charge is 0.357 e. The van der Waals surface area contributed by atoms with E-state index in [1.165, 1.54) is 0 Å². The van der Waals surface area contributed by atoms with E-state index in [2.05, 4.69) is 10.3 Å². The second kappa shape index (κ2) is 7.38. The van der Waals surface area contributed by atoms with Crippen molar-refractivity contribution < 1.29 is 14.4 Å². The van der Waals surface area contributed by atoms with E-state index in [9.17, 15) is 14.4 Å². The summed E-state index contributed by atoms with van der Waals surface area (Å²) in [6, 6.07) is 12.7. The van der Waals surface area contributed by atoms with Gasteiger partial charge in [0.2, 0.25) is 5.91 Å². The zero-order valence-electron chi connectivity index (χ0n) is 15.4. The van der Waals surface area contributed by atoms with Crippen molar-refractivity contribution in [2.75, 3.05) is 26.2 Å². The first-order chi connectivity index (χ1) is 13.5. The molecule has 0 radical (unpaired) electrons. The first-order valence-corrected chi connectivity index (χ1v) is 9.35. The molecule has 2 aromatic rings. The zero-order chi connectivity index (χ0) is 19.7. The molecule has 8 heteroatoms. The Hall–Kier alpha value is -3.29. The Balaban J connectivity index is 1.56. The number of fused-ring (bicyclic) bond motifs is 1. The smallest absolute Gasteiger partial charge is 0.312 e. The molecule has 4 amide bonds. The zero-order valence-corrected chi connectivity index (χ0v) is 15.4. The van der Waals surface area contributed by atoms with Gasteiger partial charge in [0.05, 0.1) is 12.6 Å². The molecule has 1 aromatic heterocycles. The van der Waals surface area contributed by atoms with E-state index in [1.807, 2.05) is 41.3 Å². The number of carbonyl (C=O) groups is 3. The number of nitrogens with one attached hydrogen (secondary N) is 2. The number of primary amides is 1. The van der Waals surface area contributed by atoms with Crippen molar-refractivity contribution in [3.8, 4) is 0 Å². The average Bonchev–Trinajstić information content (AvgIpc) is 3.41. The molecular weight excluding hydrogens is 358 g/mol. The van der Waals surface area contributed by atoms with Crippen molar-refractivity contribution in [2.45, 2.75) is 6.04 Å². The number of benzene rings is 1. The summed E-state index contributed by atoms with van der Waals surface area (Å²) in [5.41, 5.74) is 6.70. The minimum atomic E-state index is -0.711. The number of aromatic nitrogens is 1. The third-order valence-electron chi connectivity index (χ3n) is 5.66. The molecule has 0 bridgehead atoms. The van der Waals surface area contributed by atoms with Gasteiger partial charge in [0.15, 0.2) is 0 Å². The molecule has 3 heterocycles. The Morgan fingerprint density at radius 3 is 2.54 bits per heavy atom. The van der Waals surface area contributed by atoms with Gasteiger partial charge >= 0.3 is 6.03 Å². The van der Waals surface area contributed by atoms with Crippen LogP contribution in [0, 0.1) is 11.8 Å². The summed E-state index contributed by atoms with van der Waals surface area (Å²) < 4.78 is 0. The van der Waals surface area contributed by atoms with Gasteiger partial charge in [-0.25, -0.2) is 4.79 Å². The lowest BCUT2D eigenvalue weighted by molar-refractivity contribution is -0.129. The lowest BCUT2D eigenvalue weighted by atomic mass is 9.89. The van der Waals surface area contributed by atoms with E-state index in [4.69, 9.17) is 5.73 Å². The summed E-state index contributed by atoms with van der Waals surface area (Å²) in [6.45, 7) is 1.62. The topological polar surface area (TPSA) is 112 Å². The van der Waals surface area contributed by atoms with Crippen LogP contribution >= 0.6 is 0 Å². The van der Waals surface area contributed by atoms with Gasteiger partial charge in [0, 0.05) is 37.7 Å². The van der Waals surface area contributed by atoms with Crippen LogP contribution in [0.2, 0.25) is 0 Å². The van der Waals surface area contributed by atoms with Crippen LogP contribution in [0.15, 0.2) is 48.7 Å². The first-order valence-electron chi connectivity index (χ1n) is 9.35. The van der Waals surface area contributed by atoms with E-state index in [1.54, 1.807) is 17.2 Å². The molecule has 146 valence electrons. The monoisotopic (exact) mass is 381 g/mol. The van der Waals surface area contributed by atoms with Crippen molar-refractivity contribution in [2.24, 2.45) is 17.6 Å². The number of hydrogen-bond acceptors (Lipinski definition) is 3. The average molecular weight is 381 g/mol. The third-order valence-corrected chi connectivity index (χ3v) is 5.66. The molecule has 4 N–H and O–H groups in total. The van der Waals surface area contributed by atoms with Crippen LogP contribution in [0.4, 0.5) is 4.79 Å². The standard InChI is InChI=1S/C20H23N5O3/c21-20(28)23-9-17(26)24-10-14-11-25(19(27)16-7-4-8-22-16)18(15(14)12-24)13-5-2-1-3-6-13/h1-8,14-15,18,22H,9-12H2,(H3,21,23,28)/t14-,15-,18+/m0/s1. The van der Waals surface area contributed by atoms with Crippen molar-refractivity contribution in [3.63, 3.8) is 0 Å². The Kier molecular flexibility index (Phi) is 4.77. The minimum Gasteiger partial charge on any atom is -0.357 e. The number of aromatic amines is 1. The number of nitrogens with zero attached hydrogens (tertiary/aromatic N) is 2. The Morgan fingerprint density at radius 2 is 1.86 bits per heavy atom. The highest BCUT2D eigenvalue weighted by molar-refractivity contribution is 5.93. The molecule has 4 rings (SSSR count). The molecule has 2 aliphatic rings. The molecule has 28 heavy (non-hydrogen) atoms. The number of hydrogen-bond donors (Lipinski definition) is 3. The maximum atomic E-state index is 13.1. The Morgan fingerprint density at radius 1 is 1.07 bits per heavy atom. The number of amides is 4. The lowest BCUT2D eigenvalue weighted by Gasteiger charge is -2.29. The molecule has 0 spiro atoms. The number of likely N-dealkylation sites (tertiary alicyclic amines) is 2. The molecule has 0 unspecified atom stereocenters. The van der Waals surface area contributed by atoms with Crippen LogP contribution < -0.4 is 11.1 Å². The summed E-state index contributed by atoms with van der Waals surface area (Å²) in [5, 5.41) is 2.36. The fourth-order valence-electron chi connectivity index (χ4n) is 4.43. The molecule has 2 fully saturated rings. The molecule has 1 aromatic carbocycles. The summed E-state index contributed by atoms with van der Waals surface area (Å²) >= 11 is 0. The van der Waals surface area contributed by atoms with Gasteiger partial charge in [0.1, 0.15) is 5.69 Å². The molecular formula is C20H23N5O3. The van der Waals surface area contributed by atoms with Crippen LogP contribution in [0.1, 0.15) is 22.1 Å². The highest BCUT2D eigenvalue weighted by atomic mass is 16.2. The van der Waals surface area contributed by atoms with Crippen molar-refractivity contribution >= 4 is 17.8 Å². The van der Waals surface area contributed by atoms with Gasteiger partial charge in [-0.05, 0) is 17.7 Å². The molecule has 0 saturated carbocycles. The van der Waals surface area contributed by atoms with E-state index in [-0.39, 0.29) is 36.2 Å².